The van der Waals surface area contributed by atoms with Crippen molar-refractivity contribution in [2.24, 2.45) is 7.05 Å². The van der Waals surface area contributed by atoms with Crippen LogP contribution < -0.4 is 0 Å². The maximum Gasteiger partial charge on any atom is 0.128 e. The first-order chi connectivity index (χ1) is 5.68. The molecular formula is C8H8FN3. The first-order valence-corrected chi connectivity index (χ1v) is 3.64. The summed E-state index contributed by atoms with van der Waals surface area (Å²) >= 11 is 0. The fraction of sp³-hybridized carbons (Fsp3) is 0.250. The Morgan fingerprint density at radius 2 is 2.17 bits per heavy atom. The van der Waals surface area contributed by atoms with E-state index in [0.717, 1.165) is 11.0 Å². The first kappa shape index (κ1) is 7.21. The van der Waals surface area contributed by atoms with Gasteiger partial charge in [0.15, 0.2) is 0 Å². The molecule has 3 nitrogen and oxygen atoms in total. The van der Waals surface area contributed by atoms with Crippen LogP contribution in [0.1, 0.15) is 5.56 Å². The largest absolute Gasteiger partial charge is 0.248 e. The molecule has 0 unspecified atom stereocenters. The number of nitrogens with zero attached hydrogens (tertiary/aromatic N) is 3. The summed E-state index contributed by atoms with van der Waals surface area (Å²) in [5.74, 6) is -0.215. The predicted molar refractivity (Wildman–Crippen MR) is 43.2 cm³/mol. The van der Waals surface area contributed by atoms with Gasteiger partial charge in [0.1, 0.15) is 11.3 Å². The number of rotatable bonds is 0. The van der Waals surface area contributed by atoms with Crippen LogP contribution in [0.2, 0.25) is 0 Å². The van der Waals surface area contributed by atoms with E-state index in [4.69, 9.17) is 0 Å². The van der Waals surface area contributed by atoms with Crippen LogP contribution in [0.3, 0.4) is 0 Å². The van der Waals surface area contributed by atoms with Crippen molar-refractivity contribution in [3.05, 3.63) is 23.5 Å². The molecule has 0 amide bonds. The quantitative estimate of drug-likeness (QED) is 0.591. The molecular weight excluding hydrogens is 157 g/mol. The Hall–Kier alpha value is -1.45. The minimum Gasteiger partial charge on any atom is -0.248 e. The van der Waals surface area contributed by atoms with E-state index in [-0.39, 0.29) is 5.82 Å². The molecule has 0 fully saturated rings. The minimum atomic E-state index is -0.215. The number of hydrogen-bond acceptors (Lipinski definition) is 2. The van der Waals surface area contributed by atoms with E-state index in [2.05, 4.69) is 10.3 Å². The van der Waals surface area contributed by atoms with Crippen molar-refractivity contribution in [2.75, 3.05) is 0 Å². The van der Waals surface area contributed by atoms with E-state index in [9.17, 15) is 4.39 Å². The maximum atomic E-state index is 13.0. The highest BCUT2D eigenvalue weighted by atomic mass is 19.1. The van der Waals surface area contributed by atoms with Gasteiger partial charge in [-0.3, -0.25) is 0 Å². The lowest BCUT2D eigenvalue weighted by molar-refractivity contribution is 0.619. The third-order valence-electron chi connectivity index (χ3n) is 1.89. The lowest BCUT2D eigenvalue weighted by Gasteiger charge is -1.95. The molecule has 0 aliphatic rings. The Morgan fingerprint density at radius 1 is 1.42 bits per heavy atom. The van der Waals surface area contributed by atoms with Gasteiger partial charge >= 0.3 is 0 Å². The van der Waals surface area contributed by atoms with Crippen molar-refractivity contribution in [2.45, 2.75) is 6.92 Å². The van der Waals surface area contributed by atoms with Gasteiger partial charge in [-0.15, -0.1) is 5.10 Å². The van der Waals surface area contributed by atoms with Crippen LogP contribution in [0.4, 0.5) is 4.39 Å². The summed E-state index contributed by atoms with van der Waals surface area (Å²) in [4.78, 5) is 0. The molecule has 0 bridgehead atoms. The van der Waals surface area contributed by atoms with E-state index in [1.54, 1.807) is 24.7 Å². The van der Waals surface area contributed by atoms with Crippen LogP contribution in [-0.4, -0.2) is 15.0 Å². The van der Waals surface area contributed by atoms with Crippen molar-refractivity contribution in [3.8, 4) is 0 Å². The zero-order valence-electron chi connectivity index (χ0n) is 6.87. The lowest BCUT2D eigenvalue weighted by Crippen LogP contribution is -1.90. The fourth-order valence-electron chi connectivity index (χ4n) is 1.16. The van der Waals surface area contributed by atoms with Crippen LogP contribution in [0.5, 0.6) is 0 Å². The van der Waals surface area contributed by atoms with Gasteiger partial charge in [-0.1, -0.05) is 5.21 Å². The van der Waals surface area contributed by atoms with Crippen LogP contribution in [-0.2, 0) is 7.05 Å². The number of aryl methyl sites for hydroxylation is 2. The molecule has 0 aliphatic heterocycles. The summed E-state index contributed by atoms with van der Waals surface area (Å²) in [6.45, 7) is 1.71. The molecule has 62 valence electrons. The van der Waals surface area contributed by atoms with E-state index in [0.29, 0.717) is 5.56 Å². The Morgan fingerprint density at radius 3 is 2.92 bits per heavy atom. The predicted octanol–water partition coefficient (Wildman–Crippen LogP) is 1.42. The van der Waals surface area contributed by atoms with E-state index in [1.165, 1.54) is 6.07 Å². The first-order valence-electron chi connectivity index (χ1n) is 3.64. The number of benzene rings is 1. The second-order valence-corrected chi connectivity index (χ2v) is 2.80. The second kappa shape index (κ2) is 2.27. The zero-order chi connectivity index (χ0) is 8.72. The molecule has 1 aromatic heterocycles. The number of aromatic nitrogens is 3. The average molecular weight is 165 g/mol. The molecule has 2 aromatic rings. The number of halogens is 1. The summed E-state index contributed by atoms with van der Waals surface area (Å²) in [5, 5.41) is 7.64. The number of fused-ring (bicyclic) bond motifs is 1. The Labute approximate surface area is 68.8 Å². The Bertz CT molecular complexity index is 433. The lowest BCUT2D eigenvalue weighted by atomic mass is 10.2. The third-order valence-corrected chi connectivity index (χ3v) is 1.89. The molecule has 0 saturated carbocycles. The summed E-state index contributed by atoms with van der Waals surface area (Å²) in [5.41, 5.74) is 2.05. The van der Waals surface area contributed by atoms with Crippen LogP contribution in [0, 0.1) is 12.7 Å². The summed E-state index contributed by atoms with van der Waals surface area (Å²) in [6, 6.07) is 3.14. The van der Waals surface area contributed by atoms with E-state index < -0.39 is 0 Å². The average Bonchev–Trinajstić information content (AvgIpc) is 2.35. The topological polar surface area (TPSA) is 30.7 Å². The van der Waals surface area contributed by atoms with Gasteiger partial charge in [-0.2, -0.15) is 0 Å². The standard InChI is InChI=1S/C8H8FN3/c1-5-3-7-8(4-6(5)9)12(2)11-10-7/h3-4H,1-2H3. The Balaban J connectivity index is 2.87. The van der Waals surface area contributed by atoms with Gasteiger partial charge in [0.05, 0.1) is 5.52 Å². The molecule has 1 heterocycles. The monoisotopic (exact) mass is 165 g/mol. The van der Waals surface area contributed by atoms with E-state index in [1.807, 2.05) is 0 Å². The van der Waals surface area contributed by atoms with Gasteiger partial charge in [0.25, 0.3) is 0 Å². The molecule has 0 radical (unpaired) electrons. The normalized spacial score (nSPS) is 10.9. The van der Waals surface area contributed by atoms with Crippen molar-refractivity contribution >= 4 is 11.0 Å². The minimum absolute atomic E-state index is 0.215. The highest BCUT2D eigenvalue weighted by molar-refractivity contribution is 5.75. The zero-order valence-corrected chi connectivity index (χ0v) is 6.87. The fourth-order valence-corrected chi connectivity index (χ4v) is 1.16. The molecule has 0 N–H and O–H groups in total. The molecule has 0 spiro atoms. The molecule has 0 saturated heterocycles. The highest BCUT2D eigenvalue weighted by Gasteiger charge is 2.04. The van der Waals surface area contributed by atoms with Gasteiger partial charge in [0, 0.05) is 13.1 Å². The van der Waals surface area contributed by atoms with Crippen molar-refractivity contribution < 1.29 is 4.39 Å². The molecule has 0 atom stereocenters. The molecule has 4 heteroatoms. The van der Waals surface area contributed by atoms with Crippen molar-refractivity contribution in [1.29, 1.82) is 0 Å². The molecule has 12 heavy (non-hydrogen) atoms. The number of hydrogen-bond donors (Lipinski definition) is 0. The maximum absolute atomic E-state index is 13.0. The molecule has 2 rings (SSSR count). The van der Waals surface area contributed by atoms with Gasteiger partial charge in [0.2, 0.25) is 0 Å². The van der Waals surface area contributed by atoms with Gasteiger partial charge in [-0.25, -0.2) is 9.07 Å². The Kier molecular flexibility index (Phi) is 1.36. The van der Waals surface area contributed by atoms with E-state index >= 15 is 0 Å². The van der Waals surface area contributed by atoms with Crippen molar-refractivity contribution in [3.63, 3.8) is 0 Å². The van der Waals surface area contributed by atoms with Crippen LogP contribution in [0.25, 0.3) is 11.0 Å². The third kappa shape index (κ3) is 0.879. The molecule has 1 aromatic carbocycles. The van der Waals surface area contributed by atoms with Crippen molar-refractivity contribution in [1.82, 2.24) is 15.0 Å². The SMILES string of the molecule is Cc1cc2nnn(C)c2cc1F. The second-order valence-electron chi connectivity index (χ2n) is 2.80. The van der Waals surface area contributed by atoms with Crippen LogP contribution >= 0.6 is 0 Å². The highest BCUT2D eigenvalue weighted by Crippen LogP contribution is 2.15. The smallest absolute Gasteiger partial charge is 0.128 e. The van der Waals surface area contributed by atoms with Crippen LogP contribution in [0.15, 0.2) is 12.1 Å². The summed E-state index contributed by atoms with van der Waals surface area (Å²) in [7, 11) is 1.74. The van der Waals surface area contributed by atoms with Gasteiger partial charge in [-0.05, 0) is 18.6 Å². The summed E-state index contributed by atoms with van der Waals surface area (Å²) in [6.07, 6.45) is 0. The summed E-state index contributed by atoms with van der Waals surface area (Å²) < 4.78 is 14.6. The van der Waals surface area contributed by atoms with Gasteiger partial charge < -0.3 is 0 Å². The molecule has 0 aliphatic carbocycles.